The Balaban J connectivity index is 1.59. The van der Waals surface area contributed by atoms with Crippen LogP contribution in [0.2, 0.25) is 0 Å². The molecule has 0 aliphatic heterocycles. The van der Waals surface area contributed by atoms with Crippen LogP contribution < -0.4 is 15.7 Å². The third-order valence-electron chi connectivity index (χ3n) is 4.43. The fraction of sp³-hybridized carbons (Fsp3) is 0.143. The Morgan fingerprint density at radius 2 is 2.11 bits per heavy atom. The van der Waals surface area contributed by atoms with Crippen molar-refractivity contribution >= 4 is 28.2 Å². The molecule has 0 unspecified atom stereocenters. The minimum atomic E-state index is -0.708. The van der Waals surface area contributed by atoms with E-state index in [0.29, 0.717) is 23.3 Å². The molecule has 4 rings (SSSR count). The molecule has 4 aromatic rings. The number of hydrogen-bond acceptors (Lipinski definition) is 6. The molecule has 0 spiro atoms. The van der Waals surface area contributed by atoms with E-state index in [1.165, 1.54) is 13.2 Å². The lowest BCUT2D eigenvalue weighted by Gasteiger charge is -2.14. The fourth-order valence-corrected chi connectivity index (χ4v) is 3.88. The standard InChI is InChI=1S/C21H17NO5S/c1-25-17-6-2-5-13-11-14(21(24)27-19(13)17)20(23)22-12-15(16-7-3-9-26-16)18-8-4-10-28-18/h2-11,15H,12H2,1H3,(H,22,23)/t15-/m0/s1. The molecular formula is C21H17NO5S. The summed E-state index contributed by atoms with van der Waals surface area (Å²) in [5.74, 6) is 0.563. The van der Waals surface area contributed by atoms with Gasteiger partial charge in [-0.15, -0.1) is 11.3 Å². The number of amides is 1. The predicted molar refractivity (Wildman–Crippen MR) is 106 cm³/mol. The first-order valence-electron chi connectivity index (χ1n) is 8.63. The van der Waals surface area contributed by atoms with Gasteiger partial charge in [0, 0.05) is 16.8 Å². The number of rotatable bonds is 6. The van der Waals surface area contributed by atoms with E-state index >= 15 is 0 Å². The van der Waals surface area contributed by atoms with Crippen molar-refractivity contribution in [3.63, 3.8) is 0 Å². The molecule has 1 N–H and O–H groups in total. The van der Waals surface area contributed by atoms with Crippen LogP contribution in [0, 0.1) is 0 Å². The van der Waals surface area contributed by atoms with Gasteiger partial charge in [-0.05, 0) is 35.7 Å². The Morgan fingerprint density at radius 3 is 2.82 bits per heavy atom. The Bertz CT molecular complexity index is 1110. The summed E-state index contributed by atoms with van der Waals surface area (Å²) in [5.41, 5.74) is -0.441. The smallest absolute Gasteiger partial charge is 0.349 e. The monoisotopic (exact) mass is 395 g/mol. The zero-order valence-electron chi connectivity index (χ0n) is 15.0. The maximum absolute atomic E-state index is 12.7. The van der Waals surface area contributed by atoms with E-state index in [0.717, 1.165) is 10.6 Å². The molecule has 3 heterocycles. The number of para-hydroxylation sites is 1. The molecule has 28 heavy (non-hydrogen) atoms. The number of carbonyl (C=O) groups excluding carboxylic acids is 1. The van der Waals surface area contributed by atoms with Gasteiger partial charge in [-0.25, -0.2) is 4.79 Å². The van der Waals surface area contributed by atoms with E-state index in [2.05, 4.69) is 5.32 Å². The highest BCUT2D eigenvalue weighted by molar-refractivity contribution is 7.10. The molecule has 7 heteroatoms. The lowest BCUT2D eigenvalue weighted by Crippen LogP contribution is -2.31. The molecule has 0 radical (unpaired) electrons. The normalized spacial score (nSPS) is 12.0. The number of nitrogens with one attached hydrogen (secondary N) is 1. The highest BCUT2D eigenvalue weighted by Gasteiger charge is 2.21. The summed E-state index contributed by atoms with van der Waals surface area (Å²) in [5, 5.41) is 5.41. The maximum atomic E-state index is 12.7. The van der Waals surface area contributed by atoms with Gasteiger partial charge in [0.1, 0.15) is 11.3 Å². The van der Waals surface area contributed by atoms with E-state index in [1.807, 2.05) is 29.6 Å². The SMILES string of the molecule is COc1cccc2cc(C(=O)NC[C@@H](c3ccco3)c3cccs3)c(=O)oc12. The Kier molecular flexibility index (Phi) is 4.99. The molecule has 0 aliphatic rings. The van der Waals surface area contributed by atoms with E-state index in [9.17, 15) is 9.59 Å². The lowest BCUT2D eigenvalue weighted by atomic mass is 10.0. The van der Waals surface area contributed by atoms with E-state index in [4.69, 9.17) is 13.6 Å². The van der Waals surface area contributed by atoms with Crippen molar-refractivity contribution in [3.8, 4) is 5.75 Å². The van der Waals surface area contributed by atoms with Crippen molar-refractivity contribution in [1.82, 2.24) is 5.32 Å². The van der Waals surface area contributed by atoms with Gasteiger partial charge in [0.2, 0.25) is 0 Å². The van der Waals surface area contributed by atoms with Gasteiger partial charge in [-0.1, -0.05) is 18.2 Å². The van der Waals surface area contributed by atoms with Crippen LogP contribution in [0.4, 0.5) is 0 Å². The quantitative estimate of drug-likeness (QED) is 0.499. The molecule has 0 saturated carbocycles. The first-order chi connectivity index (χ1) is 13.7. The van der Waals surface area contributed by atoms with Crippen LogP contribution in [0.5, 0.6) is 5.75 Å². The van der Waals surface area contributed by atoms with Crippen LogP contribution in [0.25, 0.3) is 11.0 Å². The van der Waals surface area contributed by atoms with Crippen molar-refractivity contribution in [3.05, 3.63) is 86.8 Å². The average molecular weight is 395 g/mol. The number of thiophene rings is 1. The molecule has 1 atom stereocenters. The van der Waals surface area contributed by atoms with Crippen LogP contribution >= 0.6 is 11.3 Å². The van der Waals surface area contributed by atoms with Gasteiger partial charge in [0.25, 0.3) is 5.91 Å². The maximum Gasteiger partial charge on any atom is 0.349 e. The molecule has 1 amide bonds. The van der Waals surface area contributed by atoms with Gasteiger partial charge in [0.05, 0.1) is 19.3 Å². The number of carbonyl (C=O) groups is 1. The fourth-order valence-electron chi connectivity index (χ4n) is 3.05. The first-order valence-corrected chi connectivity index (χ1v) is 9.51. The molecule has 1 aromatic carbocycles. The zero-order chi connectivity index (χ0) is 19.5. The summed E-state index contributed by atoms with van der Waals surface area (Å²) in [7, 11) is 1.49. The summed E-state index contributed by atoms with van der Waals surface area (Å²) in [6, 6.07) is 14.4. The van der Waals surface area contributed by atoms with Gasteiger partial charge in [0.15, 0.2) is 11.3 Å². The van der Waals surface area contributed by atoms with Crippen LogP contribution in [0.15, 0.2) is 73.8 Å². The molecule has 0 bridgehead atoms. The van der Waals surface area contributed by atoms with Crippen LogP contribution in [-0.4, -0.2) is 19.6 Å². The Morgan fingerprint density at radius 1 is 1.21 bits per heavy atom. The second-order valence-electron chi connectivity index (χ2n) is 6.12. The topological polar surface area (TPSA) is 81.7 Å². The molecule has 142 valence electrons. The number of benzene rings is 1. The number of hydrogen-bond donors (Lipinski definition) is 1. The van der Waals surface area contributed by atoms with Crippen molar-refractivity contribution in [2.75, 3.05) is 13.7 Å². The molecule has 6 nitrogen and oxygen atoms in total. The van der Waals surface area contributed by atoms with Crippen LogP contribution in [0.1, 0.15) is 26.9 Å². The van der Waals surface area contributed by atoms with Crippen molar-refractivity contribution in [2.45, 2.75) is 5.92 Å². The van der Waals surface area contributed by atoms with Crippen LogP contribution in [0.3, 0.4) is 0 Å². The second-order valence-corrected chi connectivity index (χ2v) is 7.10. The summed E-state index contributed by atoms with van der Waals surface area (Å²) >= 11 is 1.58. The zero-order valence-corrected chi connectivity index (χ0v) is 15.8. The molecule has 0 saturated heterocycles. The highest BCUT2D eigenvalue weighted by atomic mass is 32.1. The minimum Gasteiger partial charge on any atom is -0.493 e. The van der Waals surface area contributed by atoms with Crippen LogP contribution in [-0.2, 0) is 0 Å². The average Bonchev–Trinajstić information content (AvgIpc) is 3.42. The molecule has 0 fully saturated rings. The molecular weight excluding hydrogens is 378 g/mol. The minimum absolute atomic E-state index is 0.0508. The van der Waals surface area contributed by atoms with E-state index in [1.54, 1.807) is 35.8 Å². The van der Waals surface area contributed by atoms with Crippen molar-refractivity contribution in [2.24, 2.45) is 0 Å². The predicted octanol–water partition coefficient (Wildman–Crippen LogP) is 4.02. The number of fused-ring (bicyclic) bond motifs is 1. The van der Waals surface area contributed by atoms with Crippen molar-refractivity contribution < 1.29 is 18.4 Å². The molecule has 3 aromatic heterocycles. The second kappa shape index (κ2) is 7.74. The number of furan rings is 1. The summed E-state index contributed by atoms with van der Waals surface area (Å²) in [6.07, 6.45) is 1.60. The Labute approximate surface area is 164 Å². The highest BCUT2D eigenvalue weighted by Crippen LogP contribution is 2.28. The third-order valence-corrected chi connectivity index (χ3v) is 5.41. The lowest BCUT2D eigenvalue weighted by molar-refractivity contribution is 0.0948. The number of methoxy groups -OCH3 is 1. The van der Waals surface area contributed by atoms with E-state index < -0.39 is 11.5 Å². The van der Waals surface area contributed by atoms with Gasteiger partial charge in [-0.2, -0.15) is 0 Å². The largest absolute Gasteiger partial charge is 0.493 e. The van der Waals surface area contributed by atoms with Gasteiger partial charge >= 0.3 is 5.63 Å². The summed E-state index contributed by atoms with van der Waals surface area (Å²) < 4.78 is 16.1. The summed E-state index contributed by atoms with van der Waals surface area (Å²) in [6.45, 7) is 0.294. The number of ether oxygens (including phenoxy) is 1. The first kappa shape index (κ1) is 18.1. The van der Waals surface area contributed by atoms with Gasteiger partial charge < -0.3 is 18.9 Å². The van der Waals surface area contributed by atoms with Gasteiger partial charge in [-0.3, -0.25) is 4.79 Å². The Hall–Kier alpha value is -3.32. The van der Waals surface area contributed by atoms with Crippen molar-refractivity contribution in [1.29, 1.82) is 0 Å². The van der Waals surface area contributed by atoms with E-state index in [-0.39, 0.29) is 11.5 Å². The summed E-state index contributed by atoms with van der Waals surface area (Å²) in [4.78, 5) is 26.1. The third kappa shape index (κ3) is 3.44. The molecule has 0 aliphatic carbocycles.